The molecule has 0 aliphatic carbocycles. The lowest BCUT2D eigenvalue weighted by Crippen LogP contribution is -2.46. The molecule has 0 amide bonds. The number of ether oxygens (including phenoxy) is 2. The summed E-state index contributed by atoms with van der Waals surface area (Å²) >= 11 is 0. The molecule has 1 aliphatic rings. The van der Waals surface area contributed by atoms with Crippen LogP contribution in [0, 0.1) is 0 Å². The summed E-state index contributed by atoms with van der Waals surface area (Å²) in [4.78, 5) is 22.9. The molecule has 0 fully saturated rings. The van der Waals surface area contributed by atoms with Gasteiger partial charge in [-0.25, -0.2) is 4.79 Å². The van der Waals surface area contributed by atoms with E-state index >= 15 is 0 Å². The second-order valence-corrected chi connectivity index (χ2v) is 6.44. The summed E-state index contributed by atoms with van der Waals surface area (Å²) in [7, 11) is 0. The molecule has 3 rings (SSSR count). The number of para-hydroxylation sites is 1. The third-order valence-electron chi connectivity index (χ3n) is 4.53. The number of carbonyl (C=O) groups is 2. The number of aldehydes is 1. The molecular formula is C20H20O8. The minimum Gasteiger partial charge on any atom is -0.459 e. The van der Waals surface area contributed by atoms with Crippen LogP contribution in [-0.2, 0) is 16.0 Å². The Hall–Kier alpha value is -2.78. The van der Waals surface area contributed by atoms with Crippen molar-refractivity contribution in [1.82, 2.24) is 0 Å². The van der Waals surface area contributed by atoms with Crippen molar-refractivity contribution < 1.29 is 39.5 Å². The average Bonchev–Trinajstić information content (AvgIpc) is 2.73. The van der Waals surface area contributed by atoms with Crippen LogP contribution in [0.1, 0.15) is 21.5 Å². The van der Waals surface area contributed by atoms with Crippen LogP contribution in [0.25, 0.3) is 0 Å². The fourth-order valence-electron chi connectivity index (χ4n) is 2.94. The van der Waals surface area contributed by atoms with Gasteiger partial charge in [0, 0.05) is 12.0 Å². The van der Waals surface area contributed by atoms with Crippen LogP contribution in [0.2, 0.25) is 0 Å². The van der Waals surface area contributed by atoms with Crippen molar-refractivity contribution in [3.05, 3.63) is 59.2 Å². The number of aliphatic hydroxyl groups is 4. The minimum absolute atomic E-state index is 0.0285. The molecule has 8 nitrogen and oxygen atoms in total. The van der Waals surface area contributed by atoms with Gasteiger partial charge >= 0.3 is 5.97 Å². The summed E-state index contributed by atoms with van der Waals surface area (Å²) in [5.41, 5.74) is 1.80. The second kappa shape index (κ2) is 8.49. The quantitative estimate of drug-likeness (QED) is 0.333. The van der Waals surface area contributed by atoms with E-state index in [2.05, 4.69) is 0 Å². The zero-order valence-electron chi connectivity index (χ0n) is 14.8. The van der Waals surface area contributed by atoms with Gasteiger partial charge in [-0.2, -0.15) is 0 Å². The predicted molar refractivity (Wildman–Crippen MR) is 96.1 cm³/mol. The molecule has 2 aromatic rings. The Bertz CT molecular complexity index is 865. The lowest BCUT2D eigenvalue weighted by molar-refractivity contribution is -0.136. The molecule has 0 aromatic heterocycles. The van der Waals surface area contributed by atoms with Gasteiger partial charge in [-0.05, 0) is 23.8 Å². The first-order valence-corrected chi connectivity index (χ1v) is 8.64. The highest BCUT2D eigenvalue weighted by molar-refractivity contribution is 5.92. The molecule has 4 atom stereocenters. The SMILES string of the molecule is O=C[C@H](O)[C@@H](O)[C@H](O)[C@H](O)COC(=O)c1cccc2c1Cc1ccccc1O2. The lowest BCUT2D eigenvalue weighted by atomic mass is 9.96. The molecule has 4 N–H and O–H groups in total. The van der Waals surface area contributed by atoms with E-state index in [1.807, 2.05) is 24.3 Å². The maximum Gasteiger partial charge on any atom is 0.338 e. The van der Waals surface area contributed by atoms with E-state index in [4.69, 9.17) is 9.47 Å². The fourth-order valence-corrected chi connectivity index (χ4v) is 2.94. The van der Waals surface area contributed by atoms with Crippen LogP contribution in [0.4, 0.5) is 0 Å². The Morgan fingerprint density at radius 1 is 1.04 bits per heavy atom. The highest BCUT2D eigenvalue weighted by Crippen LogP contribution is 2.38. The van der Waals surface area contributed by atoms with Crippen LogP contribution in [0.3, 0.4) is 0 Å². The van der Waals surface area contributed by atoms with Crippen molar-refractivity contribution in [3.8, 4) is 11.5 Å². The topological polar surface area (TPSA) is 134 Å². The fraction of sp³-hybridized carbons (Fsp3) is 0.300. The van der Waals surface area contributed by atoms with E-state index in [0.29, 0.717) is 23.5 Å². The Balaban J connectivity index is 1.69. The molecular weight excluding hydrogens is 368 g/mol. The molecule has 8 heteroatoms. The lowest BCUT2D eigenvalue weighted by Gasteiger charge is -2.24. The normalized spacial score (nSPS) is 16.6. The van der Waals surface area contributed by atoms with Crippen LogP contribution in [0.5, 0.6) is 11.5 Å². The van der Waals surface area contributed by atoms with Crippen molar-refractivity contribution in [2.24, 2.45) is 0 Å². The molecule has 148 valence electrons. The third-order valence-corrected chi connectivity index (χ3v) is 4.53. The van der Waals surface area contributed by atoms with Gasteiger partial charge < -0.3 is 34.7 Å². The van der Waals surface area contributed by atoms with Crippen molar-refractivity contribution in [1.29, 1.82) is 0 Å². The molecule has 28 heavy (non-hydrogen) atoms. The third kappa shape index (κ3) is 4.05. The Morgan fingerprint density at radius 2 is 1.75 bits per heavy atom. The minimum atomic E-state index is -1.90. The summed E-state index contributed by atoms with van der Waals surface area (Å²) in [5, 5.41) is 38.3. The summed E-state index contributed by atoms with van der Waals surface area (Å²) in [6, 6.07) is 12.4. The zero-order valence-corrected chi connectivity index (χ0v) is 14.8. The number of fused-ring (bicyclic) bond motifs is 2. The van der Waals surface area contributed by atoms with Crippen LogP contribution < -0.4 is 4.74 Å². The van der Waals surface area contributed by atoms with Crippen molar-refractivity contribution in [2.45, 2.75) is 30.8 Å². The number of carbonyl (C=O) groups excluding carboxylic acids is 2. The highest BCUT2D eigenvalue weighted by atomic mass is 16.5. The maximum atomic E-state index is 12.5. The molecule has 0 saturated heterocycles. The number of hydrogen-bond acceptors (Lipinski definition) is 8. The monoisotopic (exact) mass is 388 g/mol. The molecule has 2 aromatic carbocycles. The van der Waals surface area contributed by atoms with E-state index < -0.39 is 37.0 Å². The standard InChI is InChI=1S/C20H20O8/c21-9-14(22)18(24)19(25)15(23)10-27-20(26)12-5-3-7-17-13(12)8-11-4-1-2-6-16(11)28-17/h1-7,9,14-15,18-19,22-25H,8,10H2/t14-,15+,18+,19+/m0/s1. The van der Waals surface area contributed by atoms with Crippen LogP contribution >= 0.6 is 0 Å². The largest absolute Gasteiger partial charge is 0.459 e. The molecule has 1 heterocycles. The van der Waals surface area contributed by atoms with Gasteiger partial charge in [0.05, 0.1) is 5.56 Å². The van der Waals surface area contributed by atoms with E-state index in [-0.39, 0.29) is 11.8 Å². The van der Waals surface area contributed by atoms with E-state index in [1.165, 1.54) is 0 Å². The Labute approximate surface area is 160 Å². The van der Waals surface area contributed by atoms with Gasteiger partial charge in [0.1, 0.15) is 42.5 Å². The molecule has 1 aliphatic heterocycles. The van der Waals surface area contributed by atoms with Gasteiger partial charge in [-0.3, -0.25) is 0 Å². The number of hydrogen-bond donors (Lipinski definition) is 4. The summed E-state index contributed by atoms with van der Waals surface area (Å²) in [6.45, 7) is -0.635. The number of benzene rings is 2. The number of aliphatic hydroxyl groups excluding tert-OH is 4. The Morgan fingerprint density at radius 3 is 2.50 bits per heavy atom. The Kier molecular flexibility index (Phi) is 6.05. The molecule has 0 radical (unpaired) electrons. The van der Waals surface area contributed by atoms with Crippen LogP contribution in [0.15, 0.2) is 42.5 Å². The summed E-state index contributed by atoms with van der Waals surface area (Å²) in [5.74, 6) is 0.497. The van der Waals surface area contributed by atoms with E-state index in [1.54, 1.807) is 18.2 Å². The van der Waals surface area contributed by atoms with Gasteiger partial charge in [0.15, 0.2) is 6.29 Å². The van der Waals surface area contributed by atoms with E-state index in [0.717, 1.165) is 5.56 Å². The first-order valence-electron chi connectivity index (χ1n) is 8.64. The summed E-state index contributed by atoms with van der Waals surface area (Å²) < 4.78 is 10.9. The predicted octanol–water partition coefficient (Wildman–Crippen LogP) is 0.182. The molecule has 0 unspecified atom stereocenters. The van der Waals surface area contributed by atoms with Gasteiger partial charge in [-0.1, -0.05) is 24.3 Å². The first-order chi connectivity index (χ1) is 13.4. The van der Waals surface area contributed by atoms with E-state index in [9.17, 15) is 30.0 Å². The smallest absolute Gasteiger partial charge is 0.338 e. The zero-order chi connectivity index (χ0) is 20.3. The number of rotatable bonds is 7. The van der Waals surface area contributed by atoms with Gasteiger partial charge in [-0.15, -0.1) is 0 Å². The maximum absolute atomic E-state index is 12.5. The van der Waals surface area contributed by atoms with Gasteiger partial charge in [0.2, 0.25) is 0 Å². The van der Waals surface area contributed by atoms with Gasteiger partial charge in [0.25, 0.3) is 0 Å². The average molecular weight is 388 g/mol. The van der Waals surface area contributed by atoms with Crippen molar-refractivity contribution in [3.63, 3.8) is 0 Å². The van der Waals surface area contributed by atoms with Crippen LogP contribution in [-0.4, -0.2) is 63.7 Å². The molecule has 0 bridgehead atoms. The summed E-state index contributed by atoms with van der Waals surface area (Å²) in [6.07, 6.45) is -6.83. The number of esters is 1. The van der Waals surface area contributed by atoms with Crippen molar-refractivity contribution >= 4 is 12.3 Å². The highest BCUT2D eigenvalue weighted by Gasteiger charge is 2.31. The molecule has 0 spiro atoms. The molecule has 0 saturated carbocycles. The van der Waals surface area contributed by atoms with Crippen molar-refractivity contribution in [2.75, 3.05) is 6.61 Å². The first kappa shape index (κ1) is 20.0. The second-order valence-electron chi connectivity index (χ2n) is 6.44.